The summed E-state index contributed by atoms with van der Waals surface area (Å²) in [5.74, 6) is 0. The summed E-state index contributed by atoms with van der Waals surface area (Å²) in [6.07, 6.45) is -1.34. The van der Waals surface area contributed by atoms with Crippen molar-refractivity contribution in [1.82, 2.24) is 0 Å². The molecule has 0 saturated carbocycles. The van der Waals surface area contributed by atoms with Gasteiger partial charge < -0.3 is 24.9 Å². The Morgan fingerprint density at radius 2 is 2.00 bits per heavy atom. The molecule has 0 aromatic carbocycles. The first kappa shape index (κ1) is 8.86. The molecule has 0 bridgehead atoms. The Kier molecular flexibility index (Phi) is 4.65. The zero-order valence-electron chi connectivity index (χ0n) is 4.77. The number of rotatable bonds is 4. The molecule has 0 aliphatic carbocycles. The average Bonchev–Trinajstić information content (AvgIpc) is 1.63. The topological polar surface area (TPSA) is 90.2 Å². The van der Waals surface area contributed by atoms with E-state index in [4.69, 9.17) is 20.3 Å². The Bertz CT molecular complexity index is 67.2. The molecule has 0 aliphatic rings. The molecular formula is C3H9BO5. The van der Waals surface area contributed by atoms with Crippen LogP contribution >= 0.6 is 0 Å². The van der Waals surface area contributed by atoms with Crippen molar-refractivity contribution in [3.05, 3.63) is 0 Å². The van der Waals surface area contributed by atoms with Gasteiger partial charge in [-0.25, -0.2) is 0 Å². The summed E-state index contributed by atoms with van der Waals surface area (Å²) in [4.78, 5) is 0. The van der Waals surface area contributed by atoms with Crippen molar-refractivity contribution in [2.45, 2.75) is 12.7 Å². The highest BCUT2D eigenvalue weighted by atomic mass is 16.7. The summed E-state index contributed by atoms with van der Waals surface area (Å²) in [5, 5.41) is 32.7. The summed E-state index contributed by atoms with van der Waals surface area (Å²) >= 11 is 0. The predicted molar refractivity (Wildman–Crippen MR) is 29.0 cm³/mol. The normalized spacial score (nSPS) is 13.3. The molecule has 0 heterocycles. The van der Waals surface area contributed by atoms with Crippen LogP contribution in [-0.2, 0) is 4.65 Å². The maximum absolute atomic E-state index is 8.52. The molecule has 0 aliphatic heterocycles. The molecule has 9 heavy (non-hydrogen) atoms. The Balaban J connectivity index is 3.15. The van der Waals surface area contributed by atoms with Gasteiger partial charge in [0.1, 0.15) is 6.29 Å². The lowest BCUT2D eigenvalue weighted by atomic mass is 10.2. The van der Waals surface area contributed by atoms with Gasteiger partial charge in [-0.3, -0.25) is 0 Å². The van der Waals surface area contributed by atoms with Crippen LogP contribution < -0.4 is 0 Å². The highest BCUT2D eigenvalue weighted by Gasteiger charge is 2.14. The van der Waals surface area contributed by atoms with Crippen LogP contribution in [0.2, 0.25) is 0 Å². The van der Waals surface area contributed by atoms with Gasteiger partial charge >= 0.3 is 7.32 Å². The average molecular weight is 136 g/mol. The minimum absolute atomic E-state index is 0.0301. The lowest BCUT2D eigenvalue weighted by molar-refractivity contribution is -0.0597. The molecule has 4 N–H and O–H groups in total. The van der Waals surface area contributed by atoms with Crippen LogP contribution in [-0.4, -0.2) is 40.5 Å². The van der Waals surface area contributed by atoms with Crippen molar-refractivity contribution in [3.8, 4) is 0 Å². The second-order valence-electron chi connectivity index (χ2n) is 1.43. The fourth-order valence-corrected chi connectivity index (χ4v) is 0.319. The van der Waals surface area contributed by atoms with Crippen molar-refractivity contribution < 1.29 is 24.9 Å². The van der Waals surface area contributed by atoms with Crippen LogP contribution in [0.3, 0.4) is 0 Å². The van der Waals surface area contributed by atoms with Crippen molar-refractivity contribution >= 4 is 7.32 Å². The standard InChI is InChI=1S/C3H9BO5/c5-2-1-3(6)9-4(7)8/h3,5-8H,1-2H2. The zero-order chi connectivity index (χ0) is 7.28. The molecule has 0 radical (unpaired) electrons. The first-order valence-electron chi connectivity index (χ1n) is 2.47. The smallest absolute Gasteiger partial charge is 0.402 e. The van der Waals surface area contributed by atoms with Gasteiger partial charge in [0.2, 0.25) is 0 Å². The molecule has 0 amide bonds. The Hall–Kier alpha value is -0.135. The van der Waals surface area contributed by atoms with Crippen LogP contribution in [0.15, 0.2) is 0 Å². The zero-order valence-corrected chi connectivity index (χ0v) is 4.77. The van der Waals surface area contributed by atoms with E-state index in [2.05, 4.69) is 4.65 Å². The van der Waals surface area contributed by atoms with Gasteiger partial charge in [-0.2, -0.15) is 0 Å². The minimum atomic E-state index is -1.98. The lowest BCUT2D eigenvalue weighted by Gasteiger charge is -2.08. The number of aliphatic hydroxyl groups excluding tert-OH is 2. The van der Waals surface area contributed by atoms with E-state index < -0.39 is 13.6 Å². The Morgan fingerprint density at radius 1 is 1.44 bits per heavy atom. The quantitative estimate of drug-likeness (QED) is 0.257. The summed E-state index contributed by atoms with van der Waals surface area (Å²) in [6.45, 7) is -0.256. The molecule has 1 unspecified atom stereocenters. The second-order valence-corrected chi connectivity index (χ2v) is 1.43. The lowest BCUT2D eigenvalue weighted by Crippen LogP contribution is -2.26. The molecule has 1 atom stereocenters. The predicted octanol–water partition coefficient (Wildman–Crippen LogP) is -2.33. The molecule has 0 aromatic rings. The molecular weight excluding hydrogens is 127 g/mol. The fraction of sp³-hybridized carbons (Fsp3) is 1.00. The number of hydrogen-bond acceptors (Lipinski definition) is 5. The highest BCUT2D eigenvalue weighted by molar-refractivity contribution is 6.32. The number of hydrogen-bond donors (Lipinski definition) is 4. The Labute approximate surface area is 52.7 Å². The summed E-state index contributed by atoms with van der Waals surface area (Å²) in [5.41, 5.74) is 0. The maximum Gasteiger partial charge on any atom is 0.635 e. The largest absolute Gasteiger partial charge is 0.635 e. The molecule has 0 fully saturated rings. The fourth-order valence-electron chi connectivity index (χ4n) is 0.319. The van der Waals surface area contributed by atoms with Crippen molar-refractivity contribution in [2.24, 2.45) is 0 Å². The second kappa shape index (κ2) is 4.72. The van der Waals surface area contributed by atoms with Crippen LogP contribution in [0, 0.1) is 0 Å². The molecule has 0 rings (SSSR count). The highest BCUT2D eigenvalue weighted by Crippen LogP contribution is 1.91. The van der Waals surface area contributed by atoms with Crippen molar-refractivity contribution in [3.63, 3.8) is 0 Å². The first-order chi connectivity index (χ1) is 4.16. The third kappa shape index (κ3) is 5.74. The molecule has 0 aromatic heterocycles. The summed E-state index contributed by atoms with van der Waals surface area (Å²) in [6, 6.07) is 0. The Morgan fingerprint density at radius 3 is 2.33 bits per heavy atom. The molecule has 0 saturated heterocycles. The van der Waals surface area contributed by atoms with E-state index in [9.17, 15) is 0 Å². The third-order valence-electron chi connectivity index (χ3n) is 0.655. The van der Waals surface area contributed by atoms with Crippen molar-refractivity contribution in [2.75, 3.05) is 6.61 Å². The summed E-state index contributed by atoms with van der Waals surface area (Å²) in [7, 11) is -1.98. The monoisotopic (exact) mass is 136 g/mol. The van der Waals surface area contributed by atoms with Crippen LogP contribution in [0.1, 0.15) is 6.42 Å². The van der Waals surface area contributed by atoms with Crippen LogP contribution in [0.5, 0.6) is 0 Å². The molecule has 0 spiro atoms. The van der Waals surface area contributed by atoms with Gasteiger partial charge in [0.25, 0.3) is 0 Å². The van der Waals surface area contributed by atoms with Gasteiger partial charge in [0.05, 0.1) is 0 Å². The maximum atomic E-state index is 8.52. The van der Waals surface area contributed by atoms with Gasteiger partial charge in [0.15, 0.2) is 0 Å². The van der Waals surface area contributed by atoms with Gasteiger partial charge in [-0.15, -0.1) is 0 Å². The van der Waals surface area contributed by atoms with Crippen LogP contribution in [0.25, 0.3) is 0 Å². The third-order valence-corrected chi connectivity index (χ3v) is 0.655. The molecule has 6 heteroatoms. The van der Waals surface area contributed by atoms with E-state index in [0.29, 0.717) is 0 Å². The van der Waals surface area contributed by atoms with E-state index in [0.717, 1.165) is 0 Å². The molecule has 54 valence electrons. The SMILES string of the molecule is OCCC(O)OB(O)O. The van der Waals surface area contributed by atoms with E-state index in [1.54, 1.807) is 0 Å². The van der Waals surface area contributed by atoms with E-state index in [1.165, 1.54) is 0 Å². The van der Waals surface area contributed by atoms with Gasteiger partial charge in [-0.1, -0.05) is 0 Å². The van der Waals surface area contributed by atoms with E-state index in [-0.39, 0.29) is 13.0 Å². The minimum Gasteiger partial charge on any atom is -0.402 e. The van der Waals surface area contributed by atoms with Crippen molar-refractivity contribution in [1.29, 1.82) is 0 Å². The van der Waals surface area contributed by atoms with E-state index >= 15 is 0 Å². The van der Waals surface area contributed by atoms with Gasteiger partial charge in [0, 0.05) is 13.0 Å². The summed E-state index contributed by atoms with van der Waals surface area (Å²) < 4.78 is 4.00. The van der Waals surface area contributed by atoms with E-state index in [1.807, 2.05) is 0 Å². The molecule has 5 nitrogen and oxygen atoms in total. The first-order valence-corrected chi connectivity index (χ1v) is 2.47. The van der Waals surface area contributed by atoms with Crippen LogP contribution in [0.4, 0.5) is 0 Å². The van der Waals surface area contributed by atoms with Gasteiger partial charge in [-0.05, 0) is 0 Å². The number of aliphatic hydroxyl groups is 2.